The largest absolute Gasteiger partial charge is 0.619 e. The Balaban J connectivity index is 1.48. The smallest absolute Gasteiger partial charge is 0.258 e. The highest BCUT2D eigenvalue weighted by molar-refractivity contribution is 5.94. The Bertz CT molecular complexity index is 1440. The van der Waals surface area contributed by atoms with Crippen molar-refractivity contribution >= 4 is 22.5 Å². The molecule has 0 aliphatic rings. The summed E-state index contributed by atoms with van der Waals surface area (Å²) in [6.07, 6.45) is 8.39. The standard InChI is InChI=1S/C26H23N5O3/c1-3-12-30(16-19-6-11-24-23(14-19)26(33)29-18(2)28-24)22-9-7-21(8-10-22)25(32)27-15-20-5-4-13-31(34)17-20/h1,4-11,13-14,17H,12,15-16H2,2H3,(H,27,32)(H,28,29,33). The number of nitrogens with one attached hydrogen (secondary N) is 2. The number of nitrogens with zero attached hydrogens (tertiary/aromatic N) is 3. The lowest BCUT2D eigenvalue weighted by atomic mass is 10.1. The molecule has 0 aliphatic carbocycles. The van der Waals surface area contributed by atoms with Gasteiger partial charge in [0.2, 0.25) is 0 Å². The predicted molar refractivity (Wildman–Crippen MR) is 130 cm³/mol. The molecule has 8 nitrogen and oxygen atoms in total. The van der Waals surface area contributed by atoms with Crippen LogP contribution in [0.15, 0.2) is 71.8 Å². The number of fused-ring (bicyclic) bond motifs is 1. The van der Waals surface area contributed by atoms with Crippen LogP contribution in [0.4, 0.5) is 5.69 Å². The molecule has 0 unspecified atom stereocenters. The zero-order chi connectivity index (χ0) is 24.1. The zero-order valence-corrected chi connectivity index (χ0v) is 18.6. The summed E-state index contributed by atoms with van der Waals surface area (Å²) in [7, 11) is 0. The number of hydrogen-bond acceptors (Lipinski definition) is 5. The van der Waals surface area contributed by atoms with Crippen LogP contribution in [0.25, 0.3) is 10.9 Å². The molecule has 8 heteroatoms. The molecule has 0 saturated heterocycles. The average Bonchev–Trinajstić information content (AvgIpc) is 2.83. The van der Waals surface area contributed by atoms with Gasteiger partial charge in [-0.25, -0.2) is 4.98 Å². The van der Waals surface area contributed by atoms with Crippen LogP contribution in [0.1, 0.15) is 27.3 Å². The van der Waals surface area contributed by atoms with Gasteiger partial charge in [-0.15, -0.1) is 6.42 Å². The number of H-pyrrole nitrogens is 1. The van der Waals surface area contributed by atoms with E-state index in [1.165, 1.54) is 12.4 Å². The molecule has 2 aromatic heterocycles. The Labute approximate surface area is 196 Å². The Kier molecular flexibility index (Phi) is 6.55. The number of rotatable bonds is 7. The van der Waals surface area contributed by atoms with E-state index in [9.17, 15) is 14.8 Å². The summed E-state index contributed by atoms with van der Waals surface area (Å²) in [5, 5.41) is 14.7. The number of benzene rings is 2. The first-order valence-corrected chi connectivity index (χ1v) is 10.7. The zero-order valence-electron chi connectivity index (χ0n) is 18.6. The maximum Gasteiger partial charge on any atom is 0.258 e. The number of aromatic nitrogens is 3. The third kappa shape index (κ3) is 5.22. The van der Waals surface area contributed by atoms with Crippen LogP contribution < -0.4 is 20.5 Å². The second kappa shape index (κ2) is 9.88. The van der Waals surface area contributed by atoms with Crippen LogP contribution in [0, 0.1) is 24.5 Å². The molecule has 2 aromatic carbocycles. The molecule has 4 aromatic rings. The van der Waals surface area contributed by atoms with Crippen molar-refractivity contribution in [2.75, 3.05) is 11.4 Å². The van der Waals surface area contributed by atoms with Gasteiger partial charge in [0.15, 0.2) is 12.4 Å². The van der Waals surface area contributed by atoms with Crippen molar-refractivity contribution in [3.05, 3.63) is 105 Å². The predicted octanol–water partition coefficient (Wildman–Crippen LogP) is 2.43. The van der Waals surface area contributed by atoms with E-state index in [2.05, 4.69) is 21.2 Å². The molecule has 34 heavy (non-hydrogen) atoms. The lowest BCUT2D eigenvalue weighted by molar-refractivity contribution is -0.605. The summed E-state index contributed by atoms with van der Waals surface area (Å²) in [4.78, 5) is 33.9. The van der Waals surface area contributed by atoms with E-state index in [4.69, 9.17) is 6.42 Å². The van der Waals surface area contributed by atoms with Gasteiger partial charge in [-0.05, 0) is 55.0 Å². The van der Waals surface area contributed by atoms with Crippen LogP contribution in [0.2, 0.25) is 0 Å². The lowest BCUT2D eigenvalue weighted by Gasteiger charge is -2.23. The lowest BCUT2D eigenvalue weighted by Crippen LogP contribution is -2.28. The fraction of sp³-hybridized carbons (Fsp3) is 0.154. The summed E-state index contributed by atoms with van der Waals surface area (Å²) in [6, 6.07) is 16.1. The minimum atomic E-state index is -0.243. The van der Waals surface area contributed by atoms with E-state index >= 15 is 0 Å². The van der Waals surface area contributed by atoms with Crippen LogP contribution in [-0.4, -0.2) is 22.4 Å². The van der Waals surface area contributed by atoms with Gasteiger partial charge >= 0.3 is 0 Å². The number of aryl methyl sites for hydroxylation is 1. The van der Waals surface area contributed by atoms with Crippen molar-refractivity contribution < 1.29 is 9.52 Å². The third-order valence-electron chi connectivity index (χ3n) is 5.33. The average molecular weight is 454 g/mol. The number of aromatic amines is 1. The first-order valence-electron chi connectivity index (χ1n) is 10.7. The summed E-state index contributed by atoms with van der Waals surface area (Å²) in [5.41, 5.74) is 3.43. The van der Waals surface area contributed by atoms with E-state index < -0.39 is 0 Å². The Morgan fingerprint density at radius 1 is 1.21 bits per heavy atom. The number of anilines is 1. The van der Waals surface area contributed by atoms with Crippen LogP contribution in [0.3, 0.4) is 0 Å². The Morgan fingerprint density at radius 2 is 2.00 bits per heavy atom. The number of terminal acetylenes is 1. The van der Waals surface area contributed by atoms with Gasteiger partial charge in [0.05, 0.1) is 17.4 Å². The Hall–Kier alpha value is -4.64. The molecule has 0 saturated carbocycles. The maximum absolute atomic E-state index is 12.5. The van der Waals surface area contributed by atoms with Crippen molar-refractivity contribution in [3.63, 3.8) is 0 Å². The minimum absolute atomic E-state index is 0.177. The Morgan fingerprint density at radius 3 is 2.74 bits per heavy atom. The molecular weight excluding hydrogens is 430 g/mol. The van der Waals surface area contributed by atoms with E-state index in [0.29, 0.717) is 45.7 Å². The summed E-state index contributed by atoms with van der Waals surface area (Å²) in [6.45, 7) is 2.84. The van der Waals surface area contributed by atoms with Crippen molar-refractivity contribution in [3.8, 4) is 12.3 Å². The van der Waals surface area contributed by atoms with Gasteiger partial charge in [-0.2, -0.15) is 4.73 Å². The molecule has 2 heterocycles. The summed E-state index contributed by atoms with van der Waals surface area (Å²) in [5.74, 6) is 2.99. The first kappa shape index (κ1) is 22.6. The van der Waals surface area contributed by atoms with Crippen molar-refractivity contribution in [1.29, 1.82) is 0 Å². The molecule has 2 N–H and O–H groups in total. The molecule has 0 radical (unpaired) electrons. The van der Waals surface area contributed by atoms with Crippen molar-refractivity contribution in [1.82, 2.24) is 15.3 Å². The van der Waals surface area contributed by atoms with Gasteiger partial charge in [0.25, 0.3) is 11.5 Å². The molecule has 4 rings (SSSR count). The van der Waals surface area contributed by atoms with Gasteiger partial charge in [0.1, 0.15) is 5.82 Å². The van der Waals surface area contributed by atoms with Crippen molar-refractivity contribution in [2.24, 2.45) is 0 Å². The van der Waals surface area contributed by atoms with E-state index in [0.717, 1.165) is 11.3 Å². The third-order valence-corrected chi connectivity index (χ3v) is 5.33. The summed E-state index contributed by atoms with van der Waals surface area (Å²) < 4.78 is 0.694. The molecule has 0 atom stereocenters. The van der Waals surface area contributed by atoms with Crippen LogP contribution in [0.5, 0.6) is 0 Å². The van der Waals surface area contributed by atoms with Crippen LogP contribution >= 0.6 is 0 Å². The second-order valence-corrected chi connectivity index (χ2v) is 7.86. The van der Waals surface area contributed by atoms with E-state index in [1.807, 2.05) is 35.2 Å². The molecule has 0 bridgehead atoms. The number of amides is 1. The fourth-order valence-electron chi connectivity index (χ4n) is 3.68. The molecule has 0 aliphatic heterocycles. The van der Waals surface area contributed by atoms with Crippen LogP contribution in [-0.2, 0) is 13.1 Å². The number of carbonyl (C=O) groups excluding carboxylic acids is 1. The van der Waals surface area contributed by atoms with Gasteiger partial charge < -0.3 is 20.4 Å². The molecule has 0 fully saturated rings. The van der Waals surface area contributed by atoms with Gasteiger partial charge in [-0.3, -0.25) is 9.59 Å². The fourth-order valence-corrected chi connectivity index (χ4v) is 3.68. The molecule has 0 spiro atoms. The number of pyridine rings is 1. The first-order chi connectivity index (χ1) is 16.4. The van der Waals surface area contributed by atoms with Gasteiger partial charge in [0, 0.05) is 36.0 Å². The quantitative estimate of drug-likeness (QED) is 0.254. The molecular formula is C26H23N5O3. The van der Waals surface area contributed by atoms with Crippen molar-refractivity contribution in [2.45, 2.75) is 20.0 Å². The highest BCUT2D eigenvalue weighted by Crippen LogP contribution is 2.20. The minimum Gasteiger partial charge on any atom is -0.619 e. The highest BCUT2D eigenvalue weighted by atomic mass is 16.5. The van der Waals surface area contributed by atoms with E-state index in [1.54, 1.807) is 31.2 Å². The summed E-state index contributed by atoms with van der Waals surface area (Å²) >= 11 is 0. The number of carbonyl (C=O) groups is 1. The topological polar surface area (TPSA) is 105 Å². The highest BCUT2D eigenvalue weighted by Gasteiger charge is 2.11. The molecule has 170 valence electrons. The monoisotopic (exact) mass is 453 g/mol. The van der Waals surface area contributed by atoms with E-state index in [-0.39, 0.29) is 18.0 Å². The normalized spacial score (nSPS) is 10.6. The maximum atomic E-state index is 12.5. The number of hydrogen-bond donors (Lipinski definition) is 2. The second-order valence-electron chi connectivity index (χ2n) is 7.86. The molecule has 1 amide bonds. The SMILES string of the molecule is C#CCN(Cc1ccc2nc(C)[nH]c(=O)c2c1)c1ccc(C(=O)NCc2ccc[n+]([O-])c2)cc1. The van der Waals surface area contributed by atoms with Gasteiger partial charge in [-0.1, -0.05) is 12.0 Å².